The summed E-state index contributed by atoms with van der Waals surface area (Å²) in [7, 11) is 0. The van der Waals surface area contributed by atoms with Crippen LogP contribution < -0.4 is 10.2 Å². The van der Waals surface area contributed by atoms with E-state index in [0.717, 1.165) is 13.1 Å². The molecule has 0 radical (unpaired) electrons. The lowest BCUT2D eigenvalue weighted by Gasteiger charge is -2.47. The number of halogens is 1. The summed E-state index contributed by atoms with van der Waals surface area (Å²) in [6.07, 6.45) is 1.64. The average Bonchev–Trinajstić information content (AvgIpc) is 2.98. The van der Waals surface area contributed by atoms with Gasteiger partial charge in [0.1, 0.15) is 17.6 Å². The summed E-state index contributed by atoms with van der Waals surface area (Å²) < 4.78 is 14.8. The van der Waals surface area contributed by atoms with Crippen LogP contribution in [-0.4, -0.2) is 71.6 Å². The number of anilines is 1. The van der Waals surface area contributed by atoms with Crippen molar-refractivity contribution in [3.05, 3.63) is 29.1 Å². The Morgan fingerprint density at radius 3 is 2.43 bits per heavy atom. The van der Waals surface area contributed by atoms with Gasteiger partial charge in [-0.25, -0.2) is 4.39 Å². The molecule has 1 aromatic carbocycles. The fourth-order valence-electron chi connectivity index (χ4n) is 4.84. The fourth-order valence-corrected chi connectivity index (χ4v) is 4.84. The zero-order chi connectivity index (χ0) is 21.0. The summed E-state index contributed by atoms with van der Waals surface area (Å²) in [5.41, 5.74) is 1.46. The Labute approximate surface area is 173 Å². The lowest BCUT2D eigenvalue weighted by atomic mass is 10.00. The molecule has 4 heterocycles. The standard InChI is InChI=1S/C21H23FN4O4/c22-16-8-15-12(9-26(21(15)30)17-1-2-19(28)23-20(17)29)7-18(16)25-10-13(11-25)24-5-3-14(27)4-6-24/h7-8,13,17H,1-6,9-11H2,(H,23,28,29). The van der Waals surface area contributed by atoms with Crippen molar-refractivity contribution in [2.45, 2.75) is 44.3 Å². The largest absolute Gasteiger partial charge is 0.366 e. The maximum atomic E-state index is 14.8. The zero-order valence-electron chi connectivity index (χ0n) is 16.5. The number of ketones is 1. The third kappa shape index (κ3) is 3.17. The Hall–Kier alpha value is -2.81. The van der Waals surface area contributed by atoms with E-state index in [4.69, 9.17) is 0 Å². The van der Waals surface area contributed by atoms with Crippen molar-refractivity contribution < 1.29 is 23.6 Å². The molecular weight excluding hydrogens is 391 g/mol. The van der Waals surface area contributed by atoms with Gasteiger partial charge in [0.25, 0.3) is 5.91 Å². The van der Waals surface area contributed by atoms with E-state index in [-0.39, 0.29) is 36.8 Å². The first-order chi connectivity index (χ1) is 14.4. The highest BCUT2D eigenvalue weighted by Gasteiger charge is 2.41. The van der Waals surface area contributed by atoms with Gasteiger partial charge in [-0.1, -0.05) is 0 Å². The van der Waals surface area contributed by atoms with Gasteiger partial charge in [-0.2, -0.15) is 0 Å². The van der Waals surface area contributed by atoms with Crippen LogP contribution in [0.4, 0.5) is 10.1 Å². The fraction of sp³-hybridized carbons (Fsp3) is 0.524. The summed E-state index contributed by atoms with van der Waals surface area (Å²) in [5, 5.41) is 2.27. The second-order valence-electron chi connectivity index (χ2n) is 8.49. The van der Waals surface area contributed by atoms with Gasteiger partial charge in [0.2, 0.25) is 11.8 Å². The van der Waals surface area contributed by atoms with E-state index < -0.39 is 17.8 Å². The van der Waals surface area contributed by atoms with Gasteiger partial charge < -0.3 is 9.80 Å². The van der Waals surface area contributed by atoms with Crippen LogP contribution in [0.5, 0.6) is 0 Å². The third-order valence-corrected chi connectivity index (χ3v) is 6.67. The number of carbonyl (C=O) groups excluding carboxylic acids is 4. The van der Waals surface area contributed by atoms with Crippen LogP contribution in [0.2, 0.25) is 0 Å². The molecule has 0 aromatic heterocycles. The molecule has 0 saturated carbocycles. The molecule has 158 valence electrons. The third-order valence-electron chi connectivity index (χ3n) is 6.67. The van der Waals surface area contributed by atoms with Gasteiger partial charge in [-0.05, 0) is 24.1 Å². The first-order valence-electron chi connectivity index (χ1n) is 10.4. The molecule has 4 aliphatic heterocycles. The van der Waals surface area contributed by atoms with Crippen molar-refractivity contribution in [1.82, 2.24) is 15.1 Å². The first kappa shape index (κ1) is 19.2. The van der Waals surface area contributed by atoms with E-state index in [1.165, 1.54) is 11.0 Å². The number of rotatable bonds is 3. The minimum absolute atomic E-state index is 0.188. The first-order valence-corrected chi connectivity index (χ1v) is 10.4. The number of amides is 3. The van der Waals surface area contributed by atoms with E-state index in [2.05, 4.69) is 10.2 Å². The van der Waals surface area contributed by atoms with Gasteiger partial charge in [-0.3, -0.25) is 29.4 Å². The number of hydrogen-bond donors (Lipinski definition) is 1. The number of carbonyl (C=O) groups is 4. The number of Topliss-reactive ketones (excluding diaryl/α,β-unsaturated/α-hetero) is 1. The topological polar surface area (TPSA) is 90.0 Å². The molecular formula is C21H23FN4O4. The SMILES string of the molecule is O=C1CCN(C2CN(c3cc4c(cc3F)C(=O)N(C3CCC(=O)NC3=O)C4)C2)CC1. The molecule has 1 atom stereocenters. The molecule has 3 amide bonds. The molecule has 0 bridgehead atoms. The van der Waals surface area contributed by atoms with Crippen LogP contribution in [0.25, 0.3) is 0 Å². The number of imide groups is 1. The predicted octanol–water partition coefficient (Wildman–Crippen LogP) is 0.440. The maximum absolute atomic E-state index is 14.8. The minimum Gasteiger partial charge on any atom is -0.366 e. The number of nitrogens with zero attached hydrogens (tertiary/aromatic N) is 3. The van der Waals surface area contributed by atoms with Crippen molar-refractivity contribution in [2.75, 3.05) is 31.1 Å². The highest BCUT2D eigenvalue weighted by molar-refractivity contribution is 6.05. The van der Waals surface area contributed by atoms with Gasteiger partial charge in [-0.15, -0.1) is 0 Å². The molecule has 30 heavy (non-hydrogen) atoms. The maximum Gasteiger partial charge on any atom is 0.255 e. The van der Waals surface area contributed by atoms with Crippen LogP contribution in [0, 0.1) is 5.82 Å². The Balaban J connectivity index is 1.29. The van der Waals surface area contributed by atoms with Crippen molar-refractivity contribution in [2.24, 2.45) is 0 Å². The number of piperidine rings is 2. The van der Waals surface area contributed by atoms with Crippen molar-refractivity contribution in [3.8, 4) is 0 Å². The Morgan fingerprint density at radius 1 is 1.00 bits per heavy atom. The highest BCUT2D eigenvalue weighted by Crippen LogP contribution is 2.34. The number of benzene rings is 1. The molecule has 9 heteroatoms. The van der Waals surface area contributed by atoms with Crippen LogP contribution in [-0.2, 0) is 20.9 Å². The molecule has 4 aliphatic rings. The predicted molar refractivity (Wildman–Crippen MR) is 104 cm³/mol. The molecule has 0 spiro atoms. The molecule has 3 fully saturated rings. The molecule has 1 N–H and O–H groups in total. The summed E-state index contributed by atoms with van der Waals surface area (Å²) >= 11 is 0. The van der Waals surface area contributed by atoms with Crippen LogP contribution in [0.3, 0.4) is 0 Å². The van der Waals surface area contributed by atoms with Crippen molar-refractivity contribution in [1.29, 1.82) is 0 Å². The van der Waals surface area contributed by atoms with Crippen molar-refractivity contribution >= 4 is 29.2 Å². The van der Waals surface area contributed by atoms with Gasteiger partial charge in [0, 0.05) is 63.6 Å². The monoisotopic (exact) mass is 414 g/mol. The van der Waals surface area contributed by atoms with Crippen LogP contribution >= 0.6 is 0 Å². The van der Waals surface area contributed by atoms with Gasteiger partial charge >= 0.3 is 0 Å². The van der Waals surface area contributed by atoms with E-state index in [0.29, 0.717) is 49.0 Å². The minimum atomic E-state index is -0.704. The normalized spacial score (nSPS) is 25.4. The van der Waals surface area contributed by atoms with E-state index >= 15 is 0 Å². The molecule has 1 aromatic rings. The zero-order valence-corrected chi connectivity index (χ0v) is 16.5. The van der Waals surface area contributed by atoms with Gasteiger partial charge in [0.05, 0.1) is 5.69 Å². The molecule has 3 saturated heterocycles. The Kier molecular flexibility index (Phi) is 4.57. The lowest BCUT2D eigenvalue weighted by molar-refractivity contribution is -0.137. The molecule has 5 rings (SSSR count). The summed E-state index contributed by atoms with van der Waals surface area (Å²) in [4.78, 5) is 53.4. The second kappa shape index (κ2) is 7.16. The molecule has 8 nitrogen and oxygen atoms in total. The second-order valence-corrected chi connectivity index (χ2v) is 8.49. The lowest BCUT2D eigenvalue weighted by Crippen LogP contribution is -2.61. The van der Waals surface area contributed by atoms with E-state index in [1.807, 2.05) is 4.90 Å². The number of hydrogen-bond acceptors (Lipinski definition) is 6. The summed E-state index contributed by atoms with van der Waals surface area (Å²) in [6, 6.07) is 2.59. The van der Waals surface area contributed by atoms with E-state index in [9.17, 15) is 23.6 Å². The van der Waals surface area contributed by atoms with E-state index in [1.54, 1.807) is 6.07 Å². The number of fused-ring (bicyclic) bond motifs is 1. The number of likely N-dealkylation sites (tertiary alicyclic amines) is 1. The average molecular weight is 414 g/mol. The van der Waals surface area contributed by atoms with Crippen LogP contribution in [0.1, 0.15) is 41.6 Å². The van der Waals surface area contributed by atoms with Crippen molar-refractivity contribution in [3.63, 3.8) is 0 Å². The van der Waals surface area contributed by atoms with Crippen LogP contribution in [0.15, 0.2) is 12.1 Å². The Bertz CT molecular complexity index is 949. The summed E-state index contributed by atoms with van der Waals surface area (Å²) in [5.74, 6) is -1.32. The molecule has 0 aliphatic carbocycles. The Morgan fingerprint density at radius 2 is 1.73 bits per heavy atom. The van der Waals surface area contributed by atoms with Gasteiger partial charge in [0.15, 0.2) is 0 Å². The summed E-state index contributed by atoms with van der Waals surface area (Å²) in [6.45, 7) is 3.14. The molecule has 1 unspecified atom stereocenters. The number of nitrogens with one attached hydrogen (secondary N) is 1. The highest BCUT2D eigenvalue weighted by atomic mass is 19.1. The quantitative estimate of drug-likeness (QED) is 0.722. The smallest absolute Gasteiger partial charge is 0.255 e.